The van der Waals surface area contributed by atoms with E-state index in [4.69, 9.17) is 22.6 Å². The Labute approximate surface area is 205 Å². The highest BCUT2D eigenvalue weighted by Crippen LogP contribution is 2.38. The molecular formula is C25H27N5O4S. The van der Waals surface area contributed by atoms with Gasteiger partial charge in [0.25, 0.3) is 0 Å². The summed E-state index contributed by atoms with van der Waals surface area (Å²) in [5.41, 5.74) is 6.28. The van der Waals surface area contributed by atoms with Gasteiger partial charge in [0.05, 0.1) is 22.5 Å². The normalized spacial score (nSPS) is 14.7. The molecule has 0 unspecified atom stereocenters. The van der Waals surface area contributed by atoms with Crippen LogP contribution in [0, 0.1) is 0 Å². The minimum Gasteiger partial charge on any atom is -0.726 e. The molecule has 9 nitrogen and oxygen atoms in total. The Morgan fingerprint density at radius 2 is 1.43 bits per heavy atom. The van der Waals surface area contributed by atoms with Crippen LogP contribution in [0.4, 0.5) is 22.7 Å². The molecule has 4 rings (SSSR count). The molecule has 1 N–H and O–H groups in total. The van der Waals surface area contributed by atoms with Crippen molar-refractivity contribution in [3.63, 3.8) is 0 Å². The summed E-state index contributed by atoms with van der Waals surface area (Å²) in [4.78, 5) is 0. The van der Waals surface area contributed by atoms with Crippen molar-refractivity contribution in [1.82, 2.24) is 0 Å². The van der Waals surface area contributed by atoms with Gasteiger partial charge in [-0.2, -0.15) is 19.9 Å². The number of hydrogen-bond donors (Lipinski definition) is 1. The molecule has 0 spiro atoms. The fourth-order valence-corrected chi connectivity index (χ4v) is 3.78. The molecule has 1 aliphatic heterocycles. The van der Waals surface area contributed by atoms with Crippen molar-refractivity contribution in [2.45, 2.75) is 19.3 Å². The van der Waals surface area contributed by atoms with E-state index in [-0.39, 0.29) is 5.41 Å². The van der Waals surface area contributed by atoms with Gasteiger partial charge in [-0.05, 0) is 50.2 Å². The molecule has 3 aromatic rings. The van der Waals surface area contributed by atoms with Gasteiger partial charge in [0.2, 0.25) is 21.8 Å². The first-order chi connectivity index (χ1) is 16.5. The molecule has 10 heteroatoms. The van der Waals surface area contributed by atoms with Crippen LogP contribution in [-0.4, -0.2) is 48.1 Å². The summed E-state index contributed by atoms with van der Waals surface area (Å²) in [5, 5.41) is 15.1. The van der Waals surface area contributed by atoms with Crippen LogP contribution < -0.4 is 5.01 Å². The Balaban J connectivity index is 0.000000623. The summed E-state index contributed by atoms with van der Waals surface area (Å²) < 4.78 is 35.1. The second kappa shape index (κ2) is 10.7. The molecule has 0 aromatic heterocycles. The minimum atomic E-state index is -4.92. The molecule has 0 saturated carbocycles. The molecule has 0 fully saturated rings. The molecular weight excluding hydrogens is 466 g/mol. The lowest BCUT2D eigenvalue weighted by Gasteiger charge is -2.16. The highest BCUT2D eigenvalue weighted by atomic mass is 32.3. The monoisotopic (exact) mass is 493 g/mol. The van der Waals surface area contributed by atoms with Gasteiger partial charge in [-0.15, -0.1) is 0 Å². The number of azo groups is 1. The number of hydrogen-bond acceptors (Lipinski definition) is 7. The zero-order valence-electron chi connectivity index (χ0n) is 19.9. The third kappa shape index (κ3) is 6.89. The second-order valence-corrected chi connectivity index (χ2v) is 9.19. The van der Waals surface area contributed by atoms with E-state index in [2.05, 4.69) is 60.0 Å². The lowest BCUT2D eigenvalue weighted by Crippen LogP contribution is -2.30. The molecule has 0 radical (unpaired) electrons. The summed E-state index contributed by atoms with van der Waals surface area (Å²) in [6, 6.07) is 26.1. The maximum absolute atomic E-state index is 8.63. The summed E-state index contributed by atoms with van der Waals surface area (Å²) >= 11 is 0. The van der Waals surface area contributed by atoms with Gasteiger partial charge in [0, 0.05) is 18.7 Å². The first-order valence-corrected chi connectivity index (χ1v) is 12.1. The van der Waals surface area contributed by atoms with Gasteiger partial charge in [-0.25, -0.2) is 8.42 Å². The van der Waals surface area contributed by atoms with E-state index in [1.807, 2.05) is 72.9 Å². The van der Waals surface area contributed by atoms with Gasteiger partial charge in [-0.1, -0.05) is 36.4 Å². The van der Waals surface area contributed by atoms with Crippen LogP contribution in [-0.2, 0) is 15.8 Å². The van der Waals surface area contributed by atoms with Gasteiger partial charge in [0.15, 0.2) is 0 Å². The fraction of sp³-hybridized carbons (Fsp3) is 0.200. The smallest absolute Gasteiger partial charge is 0.215 e. The SMILES string of the molecule is CN(/N=C/C1=[N+](C)c2ccccc2C1(C)C)c1ccc(N=Nc2ccccc2)cc1.O=S(=O)([O-])O. The van der Waals surface area contributed by atoms with Crippen LogP contribution in [0.25, 0.3) is 0 Å². The lowest BCUT2D eigenvalue weighted by molar-refractivity contribution is -0.400. The molecule has 0 bridgehead atoms. The number of anilines is 1. The van der Waals surface area contributed by atoms with Crippen molar-refractivity contribution >= 4 is 45.1 Å². The summed E-state index contributed by atoms with van der Waals surface area (Å²) in [6.07, 6.45) is 1.96. The van der Waals surface area contributed by atoms with Gasteiger partial charge < -0.3 is 4.55 Å². The first-order valence-electron chi connectivity index (χ1n) is 10.7. The summed E-state index contributed by atoms with van der Waals surface area (Å²) in [7, 11) is -0.867. The van der Waals surface area contributed by atoms with Crippen molar-refractivity contribution in [3.8, 4) is 0 Å². The van der Waals surface area contributed by atoms with Gasteiger partial charge in [-0.3, -0.25) is 9.56 Å². The van der Waals surface area contributed by atoms with E-state index in [1.54, 1.807) is 0 Å². The minimum absolute atomic E-state index is 0.0859. The maximum Gasteiger partial charge on any atom is 0.215 e. The highest BCUT2D eigenvalue weighted by molar-refractivity contribution is 7.79. The molecule has 1 heterocycles. The number of rotatable bonds is 5. The number of hydrazone groups is 1. The summed E-state index contributed by atoms with van der Waals surface area (Å²) in [6.45, 7) is 4.48. The number of nitrogens with zero attached hydrogens (tertiary/aromatic N) is 5. The molecule has 0 aliphatic carbocycles. The van der Waals surface area contributed by atoms with E-state index in [9.17, 15) is 0 Å². The third-order valence-electron chi connectivity index (χ3n) is 5.55. The number of fused-ring (bicyclic) bond motifs is 1. The van der Waals surface area contributed by atoms with E-state index in [0.717, 1.165) is 17.1 Å². The van der Waals surface area contributed by atoms with Crippen molar-refractivity contribution in [2.75, 3.05) is 19.1 Å². The van der Waals surface area contributed by atoms with E-state index < -0.39 is 10.4 Å². The Morgan fingerprint density at radius 1 is 0.914 bits per heavy atom. The Kier molecular flexibility index (Phi) is 7.90. The molecule has 0 atom stereocenters. The Hall–Kier alpha value is -3.73. The number of benzene rings is 3. The Bertz CT molecular complexity index is 1360. The molecule has 35 heavy (non-hydrogen) atoms. The summed E-state index contributed by atoms with van der Waals surface area (Å²) in [5.74, 6) is 0. The first kappa shape index (κ1) is 25.9. The third-order valence-corrected chi connectivity index (χ3v) is 5.55. The van der Waals surface area contributed by atoms with Crippen molar-refractivity contribution in [1.29, 1.82) is 0 Å². The van der Waals surface area contributed by atoms with Gasteiger partial charge in [0.1, 0.15) is 13.3 Å². The van der Waals surface area contributed by atoms with Crippen molar-refractivity contribution in [2.24, 2.45) is 15.3 Å². The predicted molar refractivity (Wildman–Crippen MR) is 137 cm³/mol. The van der Waals surface area contributed by atoms with Crippen LogP contribution >= 0.6 is 0 Å². The van der Waals surface area contributed by atoms with Gasteiger partial charge >= 0.3 is 0 Å². The molecule has 0 saturated heterocycles. The van der Waals surface area contributed by atoms with E-state index in [1.165, 1.54) is 17.0 Å². The van der Waals surface area contributed by atoms with Crippen molar-refractivity contribution in [3.05, 3.63) is 84.4 Å². The quantitative estimate of drug-likeness (QED) is 0.130. The topological polar surface area (TPSA) is 121 Å². The van der Waals surface area contributed by atoms with Crippen molar-refractivity contribution < 1.29 is 22.1 Å². The zero-order valence-corrected chi connectivity index (χ0v) is 20.7. The second-order valence-electron chi connectivity index (χ2n) is 8.33. The fourth-order valence-electron chi connectivity index (χ4n) is 3.78. The average molecular weight is 494 g/mol. The van der Waals surface area contributed by atoms with Crippen LogP contribution in [0.15, 0.2) is 94.2 Å². The molecule has 1 aliphatic rings. The standard InChI is InChI=1S/C25H26N5.H2O4S/c1-25(2)22-12-8-9-13-23(22)29(3)24(25)18-26-30(4)21-16-14-20(15-17-21)28-27-19-10-6-5-7-11-19;1-5(2,3)4/h5-18H,1-4H3;(H2,1,2,3,4)/q+1;/p-1. The molecule has 3 aromatic carbocycles. The van der Waals surface area contributed by atoms with Crippen LogP contribution in [0.5, 0.6) is 0 Å². The molecule has 182 valence electrons. The highest BCUT2D eigenvalue weighted by Gasteiger charge is 2.43. The Morgan fingerprint density at radius 3 is 2.00 bits per heavy atom. The van der Waals surface area contributed by atoms with Crippen LogP contribution in [0.2, 0.25) is 0 Å². The predicted octanol–water partition coefficient (Wildman–Crippen LogP) is 5.23. The van der Waals surface area contributed by atoms with E-state index >= 15 is 0 Å². The van der Waals surface area contributed by atoms with Crippen LogP contribution in [0.3, 0.4) is 0 Å². The zero-order chi connectivity index (χ0) is 25.6. The van der Waals surface area contributed by atoms with Crippen LogP contribution in [0.1, 0.15) is 19.4 Å². The molecule has 0 amide bonds. The largest absolute Gasteiger partial charge is 0.726 e. The van der Waals surface area contributed by atoms with E-state index in [0.29, 0.717) is 0 Å². The lowest BCUT2D eigenvalue weighted by atomic mass is 9.82. The average Bonchev–Trinajstić information content (AvgIpc) is 3.01. The maximum atomic E-state index is 8.63. The number of para-hydroxylation sites is 1.